The Balaban J connectivity index is 0.000000271. The first kappa shape index (κ1) is 32.7. The summed E-state index contributed by atoms with van der Waals surface area (Å²) in [7, 11) is 0. The summed E-state index contributed by atoms with van der Waals surface area (Å²) in [6, 6.07) is 4.82. The predicted molar refractivity (Wildman–Crippen MR) is 154 cm³/mol. The van der Waals surface area contributed by atoms with E-state index in [1.165, 1.54) is 47.0 Å². The van der Waals surface area contributed by atoms with Crippen LogP contribution in [-0.2, 0) is 9.53 Å². The van der Waals surface area contributed by atoms with Gasteiger partial charge in [-0.25, -0.2) is 4.79 Å². The highest BCUT2D eigenvalue weighted by Crippen LogP contribution is 2.33. The van der Waals surface area contributed by atoms with Gasteiger partial charge in [-0.2, -0.15) is 0 Å². The van der Waals surface area contributed by atoms with E-state index in [2.05, 4.69) is 52.5 Å². The number of rotatable bonds is 6. The molecule has 0 aromatic carbocycles. The van der Waals surface area contributed by atoms with Crippen molar-refractivity contribution in [2.24, 2.45) is 0 Å². The number of Topliss-reactive ketones (excluding diaryl/α,β-unsaturated/α-hetero) is 2. The highest BCUT2D eigenvalue weighted by Gasteiger charge is 2.18. The van der Waals surface area contributed by atoms with Gasteiger partial charge in [-0.1, -0.05) is 34.8 Å². The molecule has 0 radical (unpaired) electrons. The number of hydrogen-bond acceptors (Lipinski definition) is 8. The number of carbonyl (C=O) groups excluding carboxylic acids is 3. The molecule has 0 aliphatic rings. The van der Waals surface area contributed by atoms with Crippen LogP contribution < -0.4 is 0 Å². The van der Waals surface area contributed by atoms with Crippen LogP contribution in [0.5, 0.6) is 0 Å². The Morgan fingerprint density at radius 3 is 1.49 bits per heavy atom. The van der Waals surface area contributed by atoms with Gasteiger partial charge in [-0.05, 0) is 79.8 Å². The van der Waals surface area contributed by atoms with Gasteiger partial charge in [0.2, 0.25) is 0 Å². The van der Waals surface area contributed by atoms with Crippen LogP contribution in [0.25, 0.3) is 0 Å². The predicted octanol–water partition coefficient (Wildman–Crippen LogP) is 9.53. The second-order valence-corrected chi connectivity index (χ2v) is 15.1. The van der Waals surface area contributed by atoms with Crippen molar-refractivity contribution in [3.63, 3.8) is 0 Å². The molecule has 3 rings (SSSR count). The Hall–Kier alpha value is -0.310. The van der Waals surface area contributed by atoms with E-state index in [9.17, 15) is 19.2 Å². The average Bonchev–Trinajstić information content (AvgIpc) is 3.38. The van der Waals surface area contributed by atoms with Crippen molar-refractivity contribution in [3.05, 3.63) is 59.3 Å². The van der Waals surface area contributed by atoms with Crippen LogP contribution in [0.2, 0.25) is 13.0 Å². The van der Waals surface area contributed by atoms with Gasteiger partial charge < -0.3 is 9.84 Å². The summed E-state index contributed by atoms with van der Waals surface area (Å²) in [5.74, 6) is -1.83. The number of thiophene rings is 3. The van der Waals surface area contributed by atoms with Gasteiger partial charge in [0.25, 0.3) is 0 Å². The molecule has 0 aliphatic carbocycles. The SMILES string of the molecule is CC(=O)c1cc(Br)sc1Cl.CCOC(=O)CC(=O)c1cc(Br)sc1Cl.O=C(O)c1cc(Br)sc1Cl. The number of esters is 1. The first-order chi connectivity index (χ1) is 16.3. The highest BCUT2D eigenvalue weighted by molar-refractivity contribution is 9.11. The van der Waals surface area contributed by atoms with Crippen molar-refractivity contribution in [2.75, 3.05) is 6.61 Å². The summed E-state index contributed by atoms with van der Waals surface area (Å²) in [5.41, 5.74) is 1.11. The van der Waals surface area contributed by atoms with E-state index >= 15 is 0 Å². The molecule has 0 spiro atoms. The molecule has 3 aromatic heterocycles. The van der Waals surface area contributed by atoms with Gasteiger partial charge in [-0.15, -0.1) is 34.0 Å². The zero-order valence-electron chi connectivity index (χ0n) is 17.6. The van der Waals surface area contributed by atoms with Crippen LogP contribution >= 0.6 is 117 Å². The van der Waals surface area contributed by atoms with Gasteiger partial charge in [-0.3, -0.25) is 14.4 Å². The summed E-state index contributed by atoms with van der Waals surface area (Å²) >= 11 is 30.4. The fraction of sp³-hybridized carbons (Fsp3) is 0.200. The summed E-state index contributed by atoms with van der Waals surface area (Å²) < 4.78 is 8.30. The topological polar surface area (TPSA) is 97.7 Å². The first-order valence-corrected chi connectivity index (χ1v) is 15.0. The molecule has 0 unspecified atom stereocenters. The van der Waals surface area contributed by atoms with Crippen molar-refractivity contribution in [1.82, 2.24) is 0 Å². The fourth-order valence-corrected chi connectivity index (χ4v) is 8.14. The third kappa shape index (κ3) is 11.3. The van der Waals surface area contributed by atoms with Gasteiger partial charge in [0, 0.05) is 11.1 Å². The lowest BCUT2D eigenvalue weighted by Crippen LogP contribution is -2.10. The Labute approximate surface area is 252 Å². The molecule has 15 heteroatoms. The fourth-order valence-electron chi connectivity index (χ4n) is 2.04. The zero-order valence-corrected chi connectivity index (χ0v) is 27.1. The molecule has 3 aromatic rings. The third-order valence-corrected chi connectivity index (χ3v) is 9.08. The van der Waals surface area contributed by atoms with Crippen LogP contribution in [0.3, 0.4) is 0 Å². The minimum absolute atomic E-state index is 0.00644. The van der Waals surface area contributed by atoms with Crippen molar-refractivity contribution in [1.29, 1.82) is 0 Å². The number of ether oxygens (including phenoxy) is 1. The van der Waals surface area contributed by atoms with E-state index in [-0.39, 0.29) is 30.2 Å². The molecule has 0 aliphatic heterocycles. The number of carboxylic acids is 1. The number of hydrogen-bond donors (Lipinski definition) is 1. The lowest BCUT2D eigenvalue weighted by atomic mass is 10.2. The summed E-state index contributed by atoms with van der Waals surface area (Å²) in [4.78, 5) is 43.7. The standard InChI is InChI=1S/C9H8BrClO3S.C6H4BrClOS.C5H2BrClO2S/c1-2-14-8(13)4-6(12)5-3-7(10)15-9(5)11;1-3(9)4-2-5(7)10-6(4)8;6-3-1-2(5(8)9)4(7)10-3/h3H,2,4H2,1H3;2H,1H3;1H,(H,8,9). The van der Waals surface area contributed by atoms with E-state index < -0.39 is 11.9 Å². The van der Waals surface area contributed by atoms with Gasteiger partial charge >= 0.3 is 11.9 Å². The quantitative estimate of drug-likeness (QED) is 0.152. The first-order valence-electron chi connectivity index (χ1n) is 9.04. The van der Waals surface area contributed by atoms with Crippen LogP contribution in [-0.4, -0.2) is 35.2 Å². The highest BCUT2D eigenvalue weighted by atomic mass is 79.9. The Morgan fingerprint density at radius 1 is 0.829 bits per heavy atom. The Morgan fingerprint density at radius 2 is 1.23 bits per heavy atom. The molecule has 0 amide bonds. The summed E-state index contributed by atoms with van der Waals surface area (Å²) in [5, 5.41) is 8.48. The third-order valence-electron chi connectivity index (χ3n) is 3.49. The molecular formula is C20H14Br3Cl3O6S3. The second-order valence-electron chi connectivity index (χ2n) is 5.98. The maximum atomic E-state index is 11.6. The van der Waals surface area contributed by atoms with Crippen molar-refractivity contribution < 1.29 is 29.0 Å². The molecule has 1 N–H and O–H groups in total. The number of halogens is 6. The normalized spacial score (nSPS) is 9.94. The van der Waals surface area contributed by atoms with E-state index in [1.807, 2.05) is 0 Å². The molecule has 3 heterocycles. The molecule has 190 valence electrons. The summed E-state index contributed by atoms with van der Waals surface area (Å²) in [6.07, 6.45) is -0.267. The second kappa shape index (κ2) is 15.8. The Kier molecular flexibility index (Phi) is 14.8. The van der Waals surface area contributed by atoms with Crippen molar-refractivity contribution in [3.8, 4) is 0 Å². The van der Waals surface area contributed by atoms with Crippen molar-refractivity contribution in [2.45, 2.75) is 20.3 Å². The van der Waals surface area contributed by atoms with Crippen LogP contribution in [0.4, 0.5) is 0 Å². The molecule has 0 atom stereocenters. The molecule has 0 saturated carbocycles. The van der Waals surface area contributed by atoms with Crippen LogP contribution in [0.15, 0.2) is 29.6 Å². The van der Waals surface area contributed by atoms with E-state index in [0.29, 0.717) is 24.1 Å². The minimum Gasteiger partial charge on any atom is -0.478 e. The summed E-state index contributed by atoms with van der Waals surface area (Å²) in [6.45, 7) is 3.46. The smallest absolute Gasteiger partial charge is 0.338 e. The molecular weight excluding hydrogens is 778 g/mol. The molecule has 35 heavy (non-hydrogen) atoms. The van der Waals surface area contributed by atoms with Gasteiger partial charge in [0.15, 0.2) is 11.6 Å². The molecule has 6 nitrogen and oxygen atoms in total. The lowest BCUT2D eigenvalue weighted by molar-refractivity contribution is -0.141. The molecule has 0 fully saturated rings. The maximum Gasteiger partial charge on any atom is 0.338 e. The Bertz CT molecular complexity index is 1170. The molecule has 0 saturated heterocycles. The van der Waals surface area contributed by atoms with Crippen molar-refractivity contribution >= 4 is 140 Å². The monoisotopic (exact) mass is 788 g/mol. The van der Waals surface area contributed by atoms with Crippen LogP contribution in [0.1, 0.15) is 51.3 Å². The lowest BCUT2D eigenvalue weighted by Gasteiger charge is -1.99. The average molecular weight is 793 g/mol. The van der Waals surface area contributed by atoms with E-state index in [1.54, 1.807) is 19.1 Å². The van der Waals surface area contributed by atoms with E-state index in [0.717, 1.165) is 11.4 Å². The van der Waals surface area contributed by atoms with E-state index in [4.69, 9.17) is 39.9 Å². The molecule has 0 bridgehead atoms. The van der Waals surface area contributed by atoms with Gasteiger partial charge in [0.1, 0.15) is 19.4 Å². The zero-order chi connectivity index (χ0) is 26.9. The largest absolute Gasteiger partial charge is 0.478 e. The maximum absolute atomic E-state index is 11.6. The number of carboxylic acid groups (broad SMARTS) is 1. The number of carbonyl (C=O) groups is 4. The van der Waals surface area contributed by atoms with Crippen LogP contribution in [0, 0.1) is 0 Å². The minimum atomic E-state index is -0.994. The number of aromatic carboxylic acids is 1. The van der Waals surface area contributed by atoms with Gasteiger partial charge in [0.05, 0.1) is 23.5 Å². The number of ketones is 2.